The van der Waals surface area contributed by atoms with Crippen LogP contribution in [0.2, 0.25) is 0 Å². The van der Waals surface area contributed by atoms with Crippen LogP contribution in [0.1, 0.15) is 30.4 Å². The second kappa shape index (κ2) is 3.63. The van der Waals surface area contributed by atoms with Crippen LogP contribution in [0.15, 0.2) is 24.3 Å². The fourth-order valence-electron chi connectivity index (χ4n) is 1.74. The van der Waals surface area contributed by atoms with Crippen molar-refractivity contribution >= 4 is 5.57 Å². The molecule has 2 rings (SSSR count). The Morgan fingerprint density at radius 3 is 2.79 bits per heavy atom. The van der Waals surface area contributed by atoms with Crippen molar-refractivity contribution in [3.05, 3.63) is 41.2 Å². The van der Waals surface area contributed by atoms with E-state index in [0.29, 0.717) is 0 Å². The van der Waals surface area contributed by atoms with Gasteiger partial charge in [-0.05, 0) is 42.5 Å². The van der Waals surface area contributed by atoms with E-state index in [0.717, 1.165) is 24.8 Å². The Morgan fingerprint density at radius 2 is 2.21 bits per heavy atom. The Morgan fingerprint density at radius 1 is 1.36 bits per heavy atom. The summed E-state index contributed by atoms with van der Waals surface area (Å²) in [6.45, 7) is 0. The fraction of sp³-hybridized carbons (Fsp3) is 0.250. The third-order valence-corrected chi connectivity index (χ3v) is 2.50. The zero-order chi connectivity index (χ0) is 9.97. The van der Waals surface area contributed by atoms with E-state index in [1.807, 2.05) is 12.1 Å². The number of hydrogen-bond acceptors (Lipinski definition) is 1. The molecule has 1 aliphatic carbocycles. The minimum atomic E-state index is -0.419. The van der Waals surface area contributed by atoms with E-state index < -0.39 is 5.82 Å². The van der Waals surface area contributed by atoms with Crippen LogP contribution in [0.3, 0.4) is 0 Å². The molecule has 0 radical (unpaired) electrons. The van der Waals surface area contributed by atoms with Crippen LogP contribution in [0.4, 0.5) is 4.39 Å². The van der Waals surface area contributed by atoms with Crippen LogP contribution in [-0.4, -0.2) is 0 Å². The van der Waals surface area contributed by atoms with Gasteiger partial charge in [0.05, 0.1) is 5.56 Å². The smallest absolute Gasteiger partial charge is 0.141 e. The van der Waals surface area contributed by atoms with E-state index in [4.69, 9.17) is 5.26 Å². The number of halogens is 1. The summed E-state index contributed by atoms with van der Waals surface area (Å²) in [5.74, 6) is -0.419. The standard InChI is InChI=1S/C12H10FN/c13-12-7-10(5-6-11(12)8-14)9-3-1-2-4-9/h3,5-7H,1-2,4H2. The molecule has 0 amide bonds. The highest BCUT2D eigenvalue weighted by atomic mass is 19.1. The van der Waals surface area contributed by atoms with Crippen molar-refractivity contribution < 1.29 is 4.39 Å². The summed E-state index contributed by atoms with van der Waals surface area (Å²) in [5.41, 5.74) is 2.24. The van der Waals surface area contributed by atoms with Gasteiger partial charge in [-0.15, -0.1) is 0 Å². The second-order valence-corrected chi connectivity index (χ2v) is 3.43. The topological polar surface area (TPSA) is 23.8 Å². The number of nitrogens with zero attached hydrogens (tertiary/aromatic N) is 1. The van der Waals surface area contributed by atoms with E-state index >= 15 is 0 Å². The molecular weight excluding hydrogens is 177 g/mol. The number of rotatable bonds is 1. The average molecular weight is 187 g/mol. The summed E-state index contributed by atoms with van der Waals surface area (Å²) in [7, 11) is 0. The molecule has 0 aliphatic heterocycles. The van der Waals surface area contributed by atoms with Crippen molar-refractivity contribution in [2.45, 2.75) is 19.3 Å². The van der Waals surface area contributed by atoms with E-state index in [2.05, 4.69) is 6.08 Å². The Balaban J connectivity index is 2.38. The van der Waals surface area contributed by atoms with Gasteiger partial charge >= 0.3 is 0 Å². The van der Waals surface area contributed by atoms with Crippen molar-refractivity contribution in [3.8, 4) is 6.07 Å². The normalized spacial score (nSPS) is 15.0. The van der Waals surface area contributed by atoms with Gasteiger partial charge in [-0.2, -0.15) is 5.26 Å². The van der Waals surface area contributed by atoms with Gasteiger partial charge in [0.1, 0.15) is 11.9 Å². The Hall–Kier alpha value is -1.62. The van der Waals surface area contributed by atoms with E-state index in [1.54, 1.807) is 6.07 Å². The molecule has 0 spiro atoms. The maximum atomic E-state index is 13.3. The minimum Gasteiger partial charge on any atom is -0.206 e. The highest BCUT2D eigenvalue weighted by Gasteiger charge is 2.09. The number of hydrogen-bond donors (Lipinski definition) is 0. The molecule has 1 aliphatic rings. The maximum Gasteiger partial charge on any atom is 0.141 e. The molecule has 1 aromatic rings. The zero-order valence-electron chi connectivity index (χ0n) is 7.76. The lowest BCUT2D eigenvalue weighted by Gasteiger charge is -2.02. The molecule has 14 heavy (non-hydrogen) atoms. The quantitative estimate of drug-likeness (QED) is 0.662. The molecule has 0 bridgehead atoms. The summed E-state index contributed by atoms with van der Waals surface area (Å²) in [6, 6.07) is 6.64. The third kappa shape index (κ3) is 1.54. The van der Waals surface area contributed by atoms with Crippen molar-refractivity contribution in [3.63, 3.8) is 0 Å². The Labute approximate surface area is 82.5 Å². The van der Waals surface area contributed by atoms with Gasteiger partial charge in [0, 0.05) is 0 Å². The maximum absolute atomic E-state index is 13.3. The van der Waals surface area contributed by atoms with Crippen molar-refractivity contribution in [2.24, 2.45) is 0 Å². The first-order valence-electron chi connectivity index (χ1n) is 4.70. The van der Waals surface area contributed by atoms with E-state index in [1.165, 1.54) is 11.6 Å². The van der Waals surface area contributed by atoms with Gasteiger partial charge in [0.25, 0.3) is 0 Å². The molecule has 2 heteroatoms. The number of nitriles is 1. The SMILES string of the molecule is N#Cc1ccc(C2=CCCC2)cc1F. The van der Waals surface area contributed by atoms with Crippen molar-refractivity contribution in [1.82, 2.24) is 0 Å². The van der Waals surface area contributed by atoms with Crippen LogP contribution >= 0.6 is 0 Å². The van der Waals surface area contributed by atoms with Gasteiger partial charge < -0.3 is 0 Å². The molecule has 0 N–H and O–H groups in total. The predicted molar refractivity (Wildman–Crippen MR) is 52.9 cm³/mol. The molecular formula is C12H10FN. The predicted octanol–water partition coefficient (Wildman–Crippen LogP) is 3.26. The number of benzene rings is 1. The molecule has 70 valence electrons. The monoisotopic (exact) mass is 187 g/mol. The summed E-state index contributed by atoms with van der Waals surface area (Å²) < 4.78 is 13.3. The lowest BCUT2D eigenvalue weighted by Crippen LogP contribution is -1.87. The molecule has 0 heterocycles. The Kier molecular flexibility index (Phi) is 2.32. The van der Waals surface area contributed by atoms with E-state index in [9.17, 15) is 4.39 Å². The molecule has 1 aromatic carbocycles. The van der Waals surface area contributed by atoms with Crippen molar-refractivity contribution in [2.75, 3.05) is 0 Å². The molecule has 0 aromatic heterocycles. The van der Waals surface area contributed by atoms with Crippen LogP contribution in [0, 0.1) is 17.1 Å². The molecule has 0 saturated carbocycles. The first kappa shape index (κ1) is 8.96. The summed E-state index contributed by atoms with van der Waals surface area (Å²) in [6.07, 6.45) is 5.39. The Bertz CT molecular complexity index is 426. The fourth-order valence-corrected chi connectivity index (χ4v) is 1.74. The van der Waals surface area contributed by atoms with Gasteiger partial charge in [-0.3, -0.25) is 0 Å². The van der Waals surface area contributed by atoms with Crippen molar-refractivity contribution in [1.29, 1.82) is 5.26 Å². The van der Waals surface area contributed by atoms with Gasteiger partial charge in [0.15, 0.2) is 0 Å². The minimum absolute atomic E-state index is 0.118. The molecule has 0 unspecified atom stereocenters. The molecule has 0 saturated heterocycles. The highest BCUT2D eigenvalue weighted by molar-refractivity contribution is 5.67. The lowest BCUT2D eigenvalue weighted by atomic mass is 10.0. The van der Waals surface area contributed by atoms with Crippen LogP contribution < -0.4 is 0 Å². The summed E-state index contributed by atoms with van der Waals surface area (Å²) in [4.78, 5) is 0. The van der Waals surface area contributed by atoms with Crippen LogP contribution in [0.5, 0.6) is 0 Å². The lowest BCUT2D eigenvalue weighted by molar-refractivity contribution is 0.623. The molecule has 0 atom stereocenters. The van der Waals surface area contributed by atoms with Gasteiger partial charge in [0.2, 0.25) is 0 Å². The van der Waals surface area contributed by atoms with Crippen LogP contribution in [0.25, 0.3) is 5.57 Å². The molecule has 0 fully saturated rings. The second-order valence-electron chi connectivity index (χ2n) is 3.43. The first-order chi connectivity index (χ1) is 6.81. The van der Waals surface area contributed by atoms with E-state index in [-0.39, 0.29) is 5.56 Å². The first-order valence-corrected chi connectivity index (χ1v) is 4.70. The molecule has 1 nitrogen and oxygen atoms in total. The van der Waals surface area contributed by atoms with Crippen LogP contribution in [-0.2, 0) is 0 Å². The largest absolute Gasteiger partial charge is 0.206 e. The summed E-state index contributed by atoms with van der Waals surface area (Å²) in [5, 5.41) is 8.57. The summed E-state index contributed by atoms with van der Waals surface area (Å²) >= 11 is 0. The van der Waals surface area contributed by atoms with Gasteiger partial charge in [-0.25, -0.2) is 4.39 Å². The zero-order valence-corrected chi connectivity index (χ0v) is 7.76. The highest BCUT2D eigenvalue weighted by Crippen LogP contribution is 2.28. The third-order valence-electron chi connectivity index (χ3n) is 2.50. The van der Waals surface area contributed by atoms with Gasteiger partial charge in [-0.1, -0.05) is 12.1 Å². The number of allylic oxidation sites excluding steroid dienone is 2. The average Bonchev–Trinajstić information content (AvgIpc) is 2.70.